The van der Waals surface area contributed by atoms with E-state index in [9.17, 15) is 0 Å². The van der Waals surface area contributed by atoms with Crippen molar-refractivity contribution in [2.45, 2.75) is 19.3 Å². The minimum Gasteiger partial charge on any atom is -0.369 e. The number of fused-ring (bicyclic) bond motifs is 1. The molecule has 0 amide bonds. The first-order chi connectivity index (χ1) is 7.22. The van der Waals surface area contributed by atoms with E-state index in [0.717, 1.165) is 23.4 Å². The van der Waals surface area contributed by atoms with Crippen molar-refractivity contribution in [3.05, 3.63) is 16.0 Å². The van der Waals surface area contributed by atoms with Crippen LogP contribution in [0.25, 0.3) is 0 Å². The van der Waals surface area contributed by atoms with Gasteiger partial charge in [-0.05, 0) is 24.8 Å². The molecule has 0 fully saturated rings. The lowest BCUT2D eigenvalue weighted by Crippen LogP contribution is -2.06. The summed E-state index contributed by atoms with van der Waals surface area (Å²) in [5.41, 5.74) is 2.04. The van der Waals surface area contributed by atoms with Gasteiger partial charge in [-0.15, -0.1) is 11.3 Å². The number of nitriles is 1. The van der Waals surface area contributed by atoms with Crippen molar-refractivity contribution in [1.82, 2.24) is 4.90 Å². The summed E-state index contributed by atoms with van der Waals surface area (Å²) in [6.45, 7) is 0. The first-order valence-electron chi connectivity index (χ1n) is 4.97. The Morgan fingerprint density at radius 2 is 2.27 bits per heavy atom. The SMILES string of the molecule is CN(C)C=Nc1sc2c(c1C#N)CCC2. The van der Waals surface area contributed by atoms with Crippen molar-refractivity contribution >= 4 is 22.7 Å². The molecule has 1 aromatic rings. The summed E-state index contributed by atoms with van der Waals surface area (Å²) < 4.78 is 0. The Hall–Kier alpha value is -1.34. The molecule has 0 bridgehead atoms. The van der Waals surface area contributed by atoms with E-state index in [1.54, 1.807) is 17.7 Å². The molecule has 0 aliphatic heterocycles. The van der Waals surface area contributed by atoms with Gasteiger partial charge < -0.3 is 4.90 Å². The van der Waals surface area contributed by atoms with Crippen LogP contribution < -0.4 is 0 Å². The normalized spacial score (nSPS) is 14.2. The molecule has 0 radical (unpaired) electrons. The molecule has 0 N–H and O–H groups in total. The molecule has 3 nitrogen and oxygen atoms in total. The summed E-state index contributed by atoms with van der Waals surface area (Å²) in [5.74, 6) is 0. The van der Waals surface area contributed by atoms with Crippen LogP contribution in [0.4, 0.5) is 5.00 Å². The van der Waals surface area contributed by atoms with Gasteiger partial charge in [-0.3, -0.25) is 0 Å². The number of aliphatic imine (C=N–C) groups is 1. The molecule has 78 valence electrons. The molecule has 4 heteroatoms. The zero-order valence-electron chi connectivity index (χ0n) is 8.95. The number of thiophene rings is 1. The fourth-order valence-electron chi connectivity index (χ4n) is 1.76. The summed E-state index contributed by atoms with van der Waals surface area (Å²) in [6.07, 6.45) is 5.10. The van der Waals surface area contributed by atoms with Gasteiger partial charge >= 0.3 is 0 Å². The van der Waals surface area contributed by atoms with Crippen molar-refractivity contribution in [3.63, 3.8) is 0 Å². The minimum atomic E-state index is 0.797. The van der Waals surface area contributed by atoms with E-state index in [2.05, 4.69) is 11.1 Å². The number of hydrogen-bond donors (Lipinski definition) is 0. The number of rotatable bonds is 2. The Labute approximate surface area is 93.7 Å². The number of aryl methyl sites for hydroxylation is 1. The van der Waals surface area contributed by atoms with Crippen molar-refractivity contribution in [1.29, 1.82) is 5.26 Å². The highest BCUT2D eigenvalue weighted by atomic mass is 32.1. The molecule has 0 saturated heterocycles. The average Bonchev–Trinajstić information content (AvgIpc) is 2.72. The van der Waals surface area contributed by atoms with Gasteiger partial charge in [-0.1, -0.05) is 0 Å². The predicted molar refractivity (Wildman–Crippen MR) is 62.9 cm³/mol. The third-order valence-corrected chi connectivity index (χ3v) is 3.62. The molecular weight excluding hydrogens is 206 g/mol. The first-order valence-corrected chi connectivity index (χ1v) is 5.79. The molecule has 0 spiro atoms. The van der Waals surface area contributed by atoms with Gasteiger partial charge in [0.2, 0.25) is 0 Å². The fraction of sp³-hybridized carbons (Fsp3) is 0.455. The van der Waals surface area contributed by atoms with Gasteiger partial charge in [0, 0.05) is 19.0 Å². The largest absolute Gasteiger partial charge is 0.369 e. The van der Waals surface area contributed by atoms with E-state index in [0.29, 0.717) is 0 Å². The number of nitrogens with zero attached hydrogens (tertiary/aromatic N) is 3. The van der Waals surface area contributed by atoms with E-state index in [-0.39, 0.29) is 0 Å². The quantitative estimate of drug-likeness (QED) is 0.565. The highest BCUT2D eigenvalue weighted by molar-refractivity contribution is 7.16. The van der Waals surface area contributed by atoms with Crippen LogP contribution in [-0.2, 0) is 12.8 Å². The van der Waals surface area contributed by atoms with Crippen molar-refractivity contribution in [2.24, 2.45) is 4.99 Å². The van der Waals surface area contributed by atoms with Gasteiger partial charge in [0.25, 0.3) is 0 Å². The smallest absolute Gasteiger partial charge is 0.136 e. The summed E-state index contributed by atoms with van der Waals surface area (Å²) >= 11 is 1.67. The summed E-state index contributed by atoms with van der Waals surface area (Å²) in [4.78, 5) is 7.58. The van der Waals surface area contributed by atoms with Crippen molar-refractivity contribution in [2.75, 3.05) is 14.1 Å². The van der Waals surface area contributed by atoms with E-state index < -0.39 is 0 Å². The van der Waals surface area contributed by atoms with Crippen LogP contribution in [-0.4, -0.2) is 25.3 Å². The molecule has 15 heavy (non-hydrogen) atoms. The van der Waals surface area contributed by atoms with Gasteiger partial charge in [0.15, 0.2) is 0 Å². The monoisotopic (exact) mass is 219 g/mol. The van der Waals surface area contributed by atoms with Crippen LogP contribution >= 0.6 is 11.3 Å². The highest BCUT2D eigenvalue weighted by Gasteiger charge is 2.21. The third-order valence-electron chi connectivity index (χ3n) is 2.42. The van der Waals surface area contributed by atoms with Crippen LogP contribution in [0, 0.1) is 11.3 Å². The first kappa shape index (κ1) is 10.2. The Bertz CT molecular complexity index is 437. The molecule has 1 aliphatic rings. The molecule has 1 heterocycles. The van der Waals surface area contributed by atoms with Crippen molar-refractivity contribution < 1.29 is 0 Å². The van der Waals surface area contributed by atoms with E-state index in [1.165, 1.54) is 16.9 Å². The van der Waals surface area contributed by atoms with Crippen LogP contribution in [0.3, 0.4) is 0 Å². The van der Waals surface area contributed by atoms with Gasteiger partial charge in [0.1, 0.15) is 11.1 Å². The second kappa shape index (κ2) is 4.03. The Morgan fingerprint density at radius 1 is 1.47 bits per heavy atom. The molecule has 0 unspecified atom stereocenters. The lowest BCUT2D eigenvalue weighted by atomic mass is 10.1. The topological polar surface area (TPSA) is 39.4 Å². The predicted octanol–water partition coefficient (Wildman–Crippen LogP) is 2.33. The Balaban J connectivity index is 2.37. The summed E-state index contributed by atoms with van der Waals surface area (Å²) in [5, 5.41) is 9.98. The number of hydrogen-bond acceptors (Lipinski definition) is 3. The molecule has 0 aromatic carbocycles. The zero-order valence-corrected chi connectivity index (χ0v) is 9.77. The minimum absolute atomic E-state index is 0.797. The van der Waals surface area contributed by atoms with E-state index in [4.69, 9.17) is 5.26 Å². The third kappa shape index (κ3) is 1.88. The maximum absolute atomic E-state index is 9.11. The Morgan fingerprint density at radius 3 is 2.93 bits per heavy atom. The van der Waals surface area contributed by atoms with E-state index >= 15 is 0 Å². The lowest BCUT2D eigenvalue weighted by molar-refractivity contribution is 0.643. The van der Waals surface area contributed by atoms with Crippen LogP contribution in [0.2, 0.25) is 0 Å². The molecular formula is C11H13N3S. The van der Waals surface area contributed by atoms with Crippen molar-refractivity contribution in [3.8, 4) is 6.07 Å². The second-order valence-corrected chi connectivity index (χ2v) is 4.94. The Kier molecular flexibility index (Phi) is 2.74. The molecule has 1 aliphatic carbocycles. The maximum Gasteiger partial charge on any atom is 0.136 e. The van der Waals surface area contributed by atoms with Gasteiger partial charge in [-0.25, -0.2) is 4.99 Å². The fourth-order valence-corrected chi connectivity index (χ4v) is 2.94. The standard InChI is InChI=1S/C11H13N3S/c1-14(2)7-13-11-9(6-12)8-4-3-5-10(8)15-11/h7H,3-5H2,1-2H3. The molecule has 1 aromatic heterocycles. The van der Waals surface area contributed by atoms with Crippen LogP contribution in [0.5, 0.6) is 0 Å². The lowest BCUT2D eigenvalue weighted by Gasteiger charge is -2.01. The van der Waals surface area contributed by atoms with Gasteiger partial charge in [-0.2, -0.15) is 5.26 Å². The zero-order chi connectivity index (χ0) is 10.8. The molecule has 2 rings (SSSR count). The van der Waals surface area contributed by atoms with Crippen LogP contribution in [0.15, 0.2) is 4.99 Å². The van der Waals surface area contributed by atoms with Crippen LogP contribution in [0.1, 0.15) is 22.4 Å². The average molecular weight is 219 g/mol. The maximum atomic E-state index is 9.11. The summed E-state index contributed by atoms with van der Waals surface area (Å²) in [7, 11) is 3.85. The second-order valence-electron chi connectivity index (χ2n) is 3.86. The van der Waals surface area contributed by atoms with Gasteiger partial charge in [0.05, 0.1) is 11.9 Å². The highest BCUT2D eigenvalue weighted by Crippen LogP contribution is 2.39. The summed E-state index contributed by atoms with van der Waals surface area (Å²) in [6, 6.07) is 2.28. The van der Waals surface area contributed by atoms with E-state index in [1.807, 2.05) is 19.0 Å². The molecule has 0 saturated carbocycles. The molecule has 0 atom stereocenters.